The molecule has 0 saturated carbocycles. The highest BCUT2D eigenvalue weighted by molar-refractivity contribution is 9.10. The Balaban J connectivity index is 2.10. The van der Waals surface area contributed by atoms with E-state index in [1.807, 2.05) is 13.0 Å². The van der Waals surface area contributed by atoms with Crippen molar-refractivity contribution in [3.63, 3.8) is 0 Å². The van der Waals surface area contributed by atoms with Crippen LogP contribution in [0.5, 0.6) is 0 Å². The lowest BCUT2D eigenvalue weighted by atomic mass is 10.2. The number of carbonyl (C=O) groups excluding carboxylic acids is 1. The smallest absolute Gasteiger partial charge is 0.267 e. The van der Waals surface area contributed by atoms with Crippen molar-refractivity contribution < 1.29 is 4.79 Å². The molecule has 2 aromatic rings. The van der Waals surface area contributed by atoms with Gasteiger partial charge in [0.1, 0.15) is 11.6 Å². The van der Waals surface area contributed by atoms with Crippen LogP contribution in [0.1, 0.15) is 5.56 Å². The Morgan fingerprint density at radius 1 is 1.26 bits per heavy atom. The normalized spacial score (nSPS) is 10.8. The second kappa shape index (κ2) is 7.82. The molecule has 0 aromatic heterocycles. The van der Waals surface area contributed by atoms with Crippen LogP contribution in [0, 0.1) is 18.3 Å². The lowest BCUT2D eigenvalue weighted by Crippen LogP contribution is -2.14. The minimum atomic E-state index is -0.478. The van der Waals surface area contributed by atoms with Gasteiger partial charge in [-0.3, -0.25) is 4.79 Å². The molecule has 116 valence electrons. The number of rotatable bonds is 4. The number of carbonyl (C=O) groups is 1. The number of amides is 1. The maximum absolute atomic E-state index is 12.1. The number of hydrogen-bond donors (Lipinski definition) is 2. The van der Waals surface area contributed by atoms with Crippen LogP contribution < -0.4 is 10.6 Å². The van der Waals surface area contributed by atoms with E-state index in [4.69, 9.17) is 16.9 Å². The summed E-state index contributed by atoms with van der Waals surface area (Å²) >= 11 is 9.22. The van der Waals surface area contributed by atoms with E-state index >= 15 is 0 Å². The van der Waals surface area contributed by atoms with Crippen molar-refractivity contribution in [2.45, 2.75) is 6.92 Å². The summed E-state index contributed by atoms with van der Waals surface area (Å²) in [7, 11) is 0. The zero-order valence-corrected chi connectivity index (χ0v) is 14.6. The maximum atomic E-state index is 12.1. The van der Waals surface area contributed by atoms with Crippen LogP contribution in [-0.2, 0) is 4.79 Å². The fraction of sp³-hybridized carbons (Fsp3) is 0.0588. The summed E-state index contributed by atoms with van der Waals surface area (Å²) in [5, 5.41) is 15.4. The molecule has 6 heteroatoms. The lowest BCUT2D eigenvalue weighted by Gasteiger charge is -2.07. The van der Waals surface area contributed by atoms with Crippen molar-refractivity contribution in [1.82, 2.24) is 0 Å². The molecule has 0 radical (unpaired) electrons. The van der Waals surface area contributed by atoms with Gasteiger partial charge in [0, 0.05) is 27.1 Å². The third-order valence-corrected chi connectivity index (χ3v) is 3.79. The summed E-state index contributed by atoms with van der Waals surface area (Å²) in [5.41, 5.74) is 2.28. The highest BCUT2D eigenvalue weighted by Gasteiger charge is 2.09. The van der Waals surface area contributed by atoms with Gasteiger partial charge in [-0.2, -0.15) is 5.26 Å². The predicted molar refractivity (Wildman–Crippen MR) is 96.3 cm³/mol. The molecule has 0 aliphatic carbocycles. The zero-order chi connectivity index (χ0) is 16.8. The van der Waals surface area contributed by atoms with Gasteiger partial charge in [-0.1, -0.05) is 27.5 Å². The van der Waals surface area contributed by atoms with E-state index in [0.717, 1.165) is 15.7 Å². The lowest BCUT2D eigenvalue weighted by molar-refractivity contribution is -0.112. The number of anilines is 2. The van der Waals surface area contributed by atoms with Gasteiger partial charge in [0.15, 0.2) is 0 Å². The van der Waals surface area contributed by atoms with Gasteiger partial charge in [0.2, 0.25) is 0 Å². The Hall–Kier alpha value is -2.29. The first-order valence-electron chi connectivity index (χ1n) is 6.69. The van der Waals surface area contributed by atoms with Crippen molar-refractivity contribution in [3.05, 3.63) is 69.3 Å². The van der Waals surface area contributed by atoms with E-state index in [1.54, 1.807) is 42.5 Å². The topological polar surface area (TPSA) is 64.9 Å². The quantitative estimate of drug-likeness (QED) is 0.578. The molecule has 1 amide bonds. The molecule has 0 spiro atoms. The van der Waals surface area contributed by atoms with Crippen molar-refractivity contribution >= 4 is 44.8 Å². The molecule has 2 N–H and O–H groups in total. The second-order valence-corrected chi connectivity index (χ2v) is 6.09. The molecule has 23 heavy (non-hydrogen) atoms. The Morgan fingerprint density at radius 2 is 1.96 bits per heavy atom. The van der Waals surface area contributed by atoms with Gasteiger partial charge < -0.3 is 10.6 Å². The molecule has 2 rings (SSSR count). The fourth-order valence-electron chi connectivity index (χ4n) is 1.82. The van der Waals surface area contributed by atoms with Gasteiger partial charge in [0.25, 0.3) is 5.91 Å². The highest BCUT2D eigenvalue weighted by atomic mass is 79.9. The second-order valence-electron chi connectivity index (χ2n) is 4.73. The average molecular weight is 391 g/mol. The number of nitrogens with zero attached hydrogens (tertiary/aromatic N) is 1. The molecule has 0 aliphatic rings. The van der Waals surface area contributed by atoms with E-state index in [-0.39, 0.29) is 5.57 Å². The SMILES string of the molecule is Cc1cc(Cl)ccc1N/C=C(/C#N)C(=O)Nc1ccc(Br)cc1. The standard InChI is InChI=1S/C17H13BrClN3O/c1-11-8-14(19)4-7-16(11)21-10-12(9-20)17(23)22-15-5-2-13(18)3-6-15/h2-8,10,21H,1H3,(H,22,23)/b12-10-. The first-order chi connectivity index (χ1) is 11.0. The summed E-state index contributed by atoms with van der Waals surface area (Å²) in [6, 6.07) is 14.3. The molecule has 4 nitrogen and oxygen atoms in total. The van der Waals surface area contributed by atoms with Crippen molar-refractivity contribution in [1.29, 1.82) is 5.26 Å². The molecule has 0 heterocycles. The van der Waals surface area contributed by atoms with Crippen LogP contribution >= 0.6 is 27.5 Å². The minimum absolute atomic E-state index is 0.0257. The van der Waals surface area contributed by atoms with Gasteiger partial charge in [0.05, 0.1) is 0 Å². The van der Waals surface area contributed by atoms with E-state index in [9.17, 15) is 4.79 Å². The summed E-state index contributed by atoms with van der Waals surface area (Å²) < 4.78 is 0.909. The van der Waals surface area contributed by atoms with E-state index < -0.39 is 5.91 Å². The number of nitriles is 1. The average Bonchev–Trinajstić information content (AvgIpc) is 2.52. The first-order valence-corrected chi connectivity index (χ1v) is 7.86. The monoisotopic (exact) mass is 389 g/mol. The van der Waals surface area contributed by atoms with Gasteiger partial charge in [-0.05, 0) is 55.0 Å². The largest absolute Gasteiger partial charge is 0.360 e. The van der Waals surface area contributed by atoms with Gasteiger partial charge in [-0.15, -0.1) is 0 Å². The van der Waals surface area contributed by atoms with Crippen molar-refractivity contribution in [3.8, 4) is 6.07 Å². The Morgan fingerprint density at radius 3 is 2.57 bits per heavy atom. The Labute approximate surface area is 147 Å². The Kier molecular flexibility index (Phi) is 5.80. The minimum Gasteiger partial charge on any atom is -0.360 e. The predicted octanol–water partition coefficient (Wildman–Crippen LogP) is 4.87. The number of benzene rings is 2. The fourth-order valence-corrected chi connectivity index (χ4v) is 2.31. The van der Waals surface area contributed by atoms with Crippen LogP contribution in [-0.4, -0.2) is 5.91 Å². The number of halogens is 2. The van der Waals surface area contributed by atoms with Crippen LogP contribution in [0.25, 0.3) is 0 Å². The molecular weight excluding hydrogens is 378 g/mol. The zero-order valence-electron chi connectivity index (χ0n) is 12.2. The van der Waals surface area contributed by atoms with Crippen LogP contribution in [0.2, 0.25) is 5.02 Å². The number of hydrogen-bond acceptors (Lipinski definition) is 3. The molecule has 2 aromatic carbocycles. The van der Waals surface area contributed by atoms with Gasteiger partial charge >= 0.3 is 0 Å². The van der Waals surface area contributed by atoms with E-state index in [1.165, 1.54) is 6.20 Å². The summed E-state index contributed by atoms with van der Waals surface area (Å²) in [6.45, 7) is 1.88. The van der Waals surface area contributed by atoms with Crippen molar-refractivity contribution in [2.75, 3.05) is 10.6 Å². The van der Waals surface area contributed by atoms with Crippen molar-refractivity contribution in [2.24, 2.45) is 0 Å². The first kappa shape index (κ1) is 17.1. The Bertz CT molecular complexity index is 794. The maximum Gasteiger partial charge on any atom is 0.267 e. The molecule has 0 unspecified atom stereocenters. The molecule has 0 atom stereocenters. The summed E-state index contributed by atoms with van der Waals surface area (Å²) in [4.78, 5) is 12.1. The molecular formula is C17H13BrClN3O. The van der Waals surface area contributed by atoms with E-state index in [2.05, 4.69) is 26.6 Å². The molecule has 0 saturated heterocycles. The molecule has 0 bridgehead atoms. The van der Waals surface area contributed by atoms with E-state index in [0.29, 0.717) is 10.7 Å². The number of aryl methyl sites for hydroxylation is 1. The third-order valence-electron chi connectivity index (χ3n) is 3.03. The van der Waals surface area contributed by atoms with Crippen LogP contribution in [0.4, 0.5) is 11.4 Å². The number of nitrogens with one attached hydrogen (secondary N) is 2. The highest BCUT2D eigenvalue weighted by Crippen LogP contribution is 2.20. The van der Waals surface area contributed by atoms with Crippen LogP contribution in [0.3, 0.4) is 0 Å². The van der Waals surface area contributed by atoms with Gasteiger partial charge in [-0.25, -0.2) is 0 Å². The summed E-state index contributed by atoms with van der Waals surface area (Å²) in [5.74, 6) is -0.478. The molecule has 0 fully saturated rings. The van der Waals surface area contributed by atoms with Crippen LogP contribution in [0.15, 0.2) is 58.7 Å². The summed E-state index contributed by atoms with van der Waals surface area (Å²) in [6.07, 6.45) is 1.38. The third kappa shape index (κ3) is 4.85. The molecule has 0 aliphatic heterocycles.